The zero-order valence-electron chi connectivity index (χ0n) is 12.6. The van der Waals surface area contributed by atoms with Crippen LogP contribution in [0.15, 0.2) is 18.2 Å². The quantitative estimate of drug-likeness (QED) is 0.631. The number of aromatic nitrogens is 1. The van der Waals surface area contributed by atoms with Gasteiger partial charge >= 0.3 is 5.69 Å². The largest absolute Gasteiger partial charge is 0.378 e. The van der Waals surface area contributed by atoms with E-state index in [4.69, 9.17) is 11.6 Å². The first kappa shape index (κ1) is 15.5. The maximum Gasteiger partial charge on any atom is 0.309 e. The Morgan fingerprint density at radius 1 is 1.38 bits per heavy atom. The third-order valence-corrected chi connectivity index (χ3v) is 3.64. The van der Waals surface area contributed by atoms with E-state index in [0.29, 0.717) is 23.0 Å². The molecular formula is C15H18ClN3O2. The normalized spacial score (nSPS) is 11.1. The lowest BCUT2D eigenvalue weighted by Crippen LogP contribution is -2.09. The van der Waals surface area contributed by atoms with Crippen molar-refractivity contribution in [3.63, 3.8) is 0 Å². The average molecular weight is 308 g/mol. The first-order chi connectivity index (χ1) is 9.81. The SMILES string of the molecule is CC(C)Cc1nc2ccc(N(C)C)cc2c(Cl)c1[N+](=O)[O-]. The minimum absolute atomic E-state index is 0.0752. The second kappa shape index (κ2) is 5.85. The Morgan fingerprint density at radius 3 is 2.57 bits per heavy atom. The lowest BCUT2D eigenvalue weighted by Gasteiger charge is -2.14. The Labute approximate surface area is 128 Å². The lowest BCUT2D eigenvalue weighted by molar-refractivity contribution is -0.385. The van der Waals surface area contributed by atoms with E-state index in [2.05, 4.69) is 4.98 Å². The van der Waals surface area contributed by atoms with E-state index >= 15 is 0 Å². The Hall–Kier alpha value is -1.88. The number of nitrogens with zero attached hydrogens (tertiary/aromatic N) is 3. The van der Waals surface area contributed by atoms with Crippen LogP contribution in [0.25, 0.3) is 10.9 Å². The first-order valence-corrected chi connectivity index (χ1v) is 7.13. The zero-order chi connectivity index (χ0) is 15.7. The summed E-state index contributed by atoms with van der Waals surface area (Å²) in [4.78, 5) is 17.3. The number of rotatable bonds is 4. The smallest absolute Gasteiger partial charge is 0.309 e. The molecule has 0 radical (unpaired) electrons. The van der Waals surface area contributed by atoms with Crippen molar-refractivity contribution < 1.29 is 4.92 Å². The molecule has 0 N–H and O–H groups in total. The molecule has 0 spiro atoms. The van der Waals surface area contributed by atoms with Crippen molar-refractivity contribution in [1.29, 1.82) is 0 Å². The first-order valence-electron chi connectivity index (χ1n) is 6.75. The van der Waals surface area contributed by atoms with E-state index in [0.717, 1.165) is 5.69 Å². The monoisotopic (exact) mass is 307 g/mol. The summed E-state index contributed by atoms with van der Waals surface area (Å²) in [5.74, 6) is 0.269. The minimum Gasteiger partial charge on any atom is -0.378 e. The summed E-state index contributed by atoms with van der Waals surface area (Å²) in [5, 5.41) is 12.1. The fourth-order valence-electron chi connectivity index (χ4n) is 2.24. The highest BCUT2D eigenvalue weighted by Crippen LogP contribution is 2.36. The molecule has 21 heavy (non-hydrogen) atoms. The van der Waals surface area contributed by atoms with Crippen molar-refractivity contribution in [2.75, 3.05) is 19.0 Å². The van der Waals surface area contributed by atoms with Gasteiger partial charge in [-0.3, -0.25) is 10.1 Å². The summed E-state index contributed by atoms with van der Waals surface area (Å²) >= 11 is 6.30. The van der Waals surface area contributed by atoms with Crippen LogP contribution in [0.2, 0.25) is 5.02 Å². The van der Waals surface area contributed by atoms with E-state index in [1.807, 2.05) is 51.0 Å². The fraction of sp³-hybridized carbons (Fsp3) is 0.400. The molecule has 6 heteroatoms. The molecule has 112 valence electrons. The summed E-state index contributed by atoms with van der Waals surface area (Å²) in [6.45, 7) is 4.00. The highest BCUT2D eigenvalue weighted by molar-refractivity contribution is 6.37. The van der Waals surface area contributed by atoms with Crippen molar-refractivity contribution in [2.24, 2.45) is 5.92 Å². The average Bonchev–Trinajstić information content (AvgIpc) is 2.37. The highest BCUT2D eigenvalue weighted by Gasteiger charge is 2.24. The third-order valence-electron chi connectivity index (χ3n) is 3.25. The molecule has 1 aromatic heterocycles. The van der Waals surface area contributed by atoms with Crippen LogP contribution in [0.5, 0.6) is 0 Å². The number of halogens is 1. The zero-order valence-corrected chi connectivity index (χ0v) is 13.3. The van der Waals surface area contributed by atoms with E-state index in [1.165, 1.54) is 0 Å². The molecule has 0 saturated carbocycles. The number of hydrogen-bond donors (Lipinski definition) is 0. The molecule has 0 amide bonds. The van der Waals surface area contributed by atoms with Gasteiger partial charge in [-0.15, -0.1) is 0 Å². The van der Waals surface area contributed by atoms with Crippen LogP contribution in [-0.4, -0.2) is 24.0 Å². The molecule has 0 aliphatic heterocycles. The maximum absolute atomic E-state index is 11.4. The molecule has 2 aromatic rings. The maximum atomic E-state index is 11.4. The molecular weight excluding hydrogens is 290 g/mol. The van der Waals surface area contributed by atoms with Crippen molar-refractivity contribution in [3.05, 3.63) is 39.0 Å². The van der Waals surface area contributed by atoms with Crippen molar-refractivity contribution in [1.82, 2.24) is 4.98 Å². The van der Waals surface area contributed by atoms with Crippen LogP contribution in [0.4, 0.5) is 11.4 Å². The Kier molecular flexibility index (Phi) is 4.32. The molecule has 0 saturated heterocycles. The number of benzene rings is 1. The van der Waals surface area contributed by atoms with Gasteiger partial charge in [-0.05, 0) is 30.5 Å². The topological polar surface area (TPSA) is 59.3 Å². The highest BCUT2D eigenvalue weighted by atomic mass is 35.5. The number of fused-ring (bicyclic) bond motifs is 1. The molecule has 0 aliphatic carbocycles. The second-order valence-electron chi connectivity index (χ2n) is 5.67. The number of pyridine rings is 1. The van der Waals surface area contributed by atoms with Gasteiger partial charge in [0, 0.05) is 25.2 Å². The standard InChI is InChI=1S/C15H18ClN3O2/c1-9(2)7-13-15(19(20)21)14(16)11-8-10(18(3)4)5-6-12(11)17-13/h5-6,8-9H,7H2,1-4H3. The van der Waals surface area contributed by atoms with E-state index in [-0.39, 0.29) is 16.6 Å². The van der Waals surface area contributed by atoms with Crippen LogP contribution < -0.4 is 4.90 Å². The van der Waals surface area contributed by atoms with Crippen LogP contribution in [-0.2, 0) is 6.42 Å². The minimum atomic E-state index is -0.436. The van der Waals surface area contributed by atoms with Crippen LogP contribution in [0.3, 0.4) is 0 Å². The molecule has 1 aromatic carbocycles. The third kappa shape index (κ3) is 3.08. The molecule has 0 bridgehead atoms. The van der Waals surface area contributed by atoms with Crippen LogP contribution >= 0.6 is 11.6 Å². The van der Waals surface area contributed by atoms with E-state index < -0.39 is 4.92 Å². The molecule has 5 nitrogen and oxygen atoms in total. The Balaban J connectivity index is 2.74. The summed E-state index contributed by atoms with van der Waals surface area (Å²) in [7, 11) is 3.81. The lowest BCUT2D eigenvalue weighted by atomic mass is 10.0. The Bertz CT molecular complexity index is 699. The van der Waals surface area contributed by atoms with Gasteiger partial charge in [-0.1, -0.05) is 25.4 Å². The summed E-state index contributed by atoms with van der Waals surface area (Å²) in [5.41, 5.74) is 1.99. The molecule has 2 rings (SSSR count). The predicted octanol–water partition coefficient (Wildman–Crippen LogP) is 4.06. The van der Waals surface area contributed by atoms with Crippen molar-refractivity contribution in [2.45, 2.75) is 20.3 Å². The summed E-state index contributed by atoms with van der Waals surface area (Å²) in [6, 6.07) is 5.61. The molecule has 0 atom stereocenters. The van der Waals surface area contributed by atoms with Gasteiger partial charge in [-0.2, -0.15) is 0 Å². The van der Waals surface area contributed by atoms with Gasteiger partial charge in [0.1, 0.15) is 10.7 Å². The fourth-order valence-corrected chi connectivity index (χ4v) is 2.57. The summed E-state index contributed by atoms with van der Waals surface area (Å²) < 4.78 is 0. The van der Waals surface area contributed by atoms with Gasteiger partial charge in [0.15, 0.2) is 0 Å². The van der Waals surface area contributed by atoms with Crippen LogP contribution in [0, 0.1) is 16.0 Å². The van der Waals surface area contributed by atoms with Gasteiger partial charge in [-0.25, -0.2) is 4.98 Å². The second-order valence-corrected chi connectivity index (χ2v) is 6.05. The molecule has 0 unspecified atom stereocenters. The number of anilines is 1. The van der Waals surface area contributed by atoms with Crippen molar-refractivity contribution >= 4 is 33.9 Å². The van der Waals surface area contributed by atoms with Gasteiger partial charge < -0.3 is 4.90 Å². The predicted molar refractivity (Wildman–Crippen MR) is 86.3 cm³/mol. The number of hydrogen-bond acceptors (Lipinski definition) is 4. The van der Waals surface area contributed by atoms with E-state index in [9.17, 15) is 10.1 Å². The van der Waals surface area contributed by atoms with Gasteiger partial charge in [0.25, 0.3) is 0 Å². The van der Waals surface area contributed by atoms with Gasteiger partial charge in [0.05, 0.1) is 10.4 Å². The molecule has 1 heterocycles. The van der Waals surface area contributed by atoms with E-state index in [1.54, 1.807) is 0 Å². The molecule has 0 aliphatic rings. The molecule has 0 fully saturated rings. The summed E-state index contributed by atoms with van der Waals surface area (Å²) in [6.07, 6.45) is 0.529. The Morgan fingerprint density at radius 2 is 2.05 bits per heavy atom. The number of nitro groups is 1. The van der Waals surface area contributed by atoms with Crippen molar-refractivity contribution in [3.8, 4) is 0 Å². The van der Waals surface area contributed by atoms with Crippen LogP contribution in [0.1, 0.15) is 19.5 Å². The van der Waals surface area contributed by atoms with Gasteiger partial charge in [0.2, 0.25) is 0 Å².